The van der Waals surface area contributed by atoms with Crippen molar-refractivity contribution in [1.82, 2.24) is 20.4 Å². The summed E-state index contributed by atoms with van der Waals surface area (Å²) < 4.78 is 0. The van der Waals surface area contributed by atoms with Crippen molar-refractivity contribution in [3.8, 4) is 0 Å². The van der Waals surface area contributed by atoms with Gasteiger partial charge in [0, 0.05) is 12.2 Å². The van der Waals surface area contributed by atoms with Gasteiger partial charge >= 0.3 is 5.97 Å². The number of aliphatic carboxylic acids is 1. The Labute approximate surface area is 108 Å². The molecule has 0 saturated carbocycles. The maximum absolute atomic E-state index is 12.4. The SMILES string of the molecule is Cc1n[nH]c(C)c1C(=O)N1CC(=O)NCC1C(=O)O. The van der Waals surface area contributed by atoms with Gasteiger partial charge in [0.05, 0.1) is 11.3 Å². The summed E-state index contributed by atoms with van der Waals surface area (Å²) in [4.78, 5) is 36.0. The molecule has 0 bridgehead atoms. The minimum absolute atomic E-state index is 0.0874. The standard InChI is InChI=1S/C11H14N4O4/c1-5-9(6(2)14-13-5)10(17)15-4-8(16)12-3-7(15)11(18)19/h7H,3-4H2,1-2H3,(H,12,16)(H,13,14)(H,18,19). The van der Waals surface area contributed by atoms with Crippen LogP contribution in [0, 0.1) is 13.8 Å². The summed E-state index contributed by atoms with van der Waals surface area (Å²) in [5.41, 5.74) is 1.36. The van der Waals surface area contributed by atoms with Crippen LogP contribution < -0.4 is 5.32 Å². The summed E-state index contributed by atoms with van der Waals surface area (Å²) in [6.07, 6.45) is 0. The first-order valence-corrected chi connectivity index (χ1v) is 5.74. The van der Waals surface area contributed by atoms with E-state index < -0.39 is 17.9 Å². The molecule has 0 aromatic carbocycles. The first-order valence-electron chi connectivity index (χ1n) is 5.74. The predicted molar refractivity (Wildman–Crippen MR) is 63.5 cm³/mol. The second kappa shape index (κ2) is 4.71. The van der Waals surface area contributed by atoms with Crippen LogP contribution in [0.1, 0.15) is 21.7 Å². The number of carbonyl (C=O) groups is 3. The number of carboxylic acids is 1. The summed E-state index contributed by atoms with van der Waals surface area (Å²) in [6.45, 7) is 2.97. The number of carbonyl (C=O) groups excluding carboxylic acids is 2. The Kier molecular flexibility index (Phi) is 3.24. The second-order valence-electron chi connectivity index (χ2n) is 4.40. The van der Waals surface area contributed by atoms with Crippen LogP contribution in [0.2, 0.25) is 0 Å². The zero-order valence-corrected chi connectivity index (χ0v) is 10.6. The van der Waals surface area contributed by atoms with Gasteiger partial charge in [-0.2, -0.15) is 5.10 Å². The molecule has 1 aliphatic rings. The molecule has 1 saturated heterocycles. The van der Waals surface area contributed by atoms with Crippen LogP contribution in [-0.2, 0) is 9.59 Å². The molecule has 3 N–H and O–H groups in total. The molecule has 1 aromatic rings. The number of piperazine rings is 1. The number of amides is 2. The van der Waals surface area contributed by atoms with Crippen molar-refractivity contribution in [3.05, 3.63) is 17.0 Å². The summed E-state index contributed by atoms with van der Waals surface area (Å²) in [5, 5.41) is 18.1. The van der Waals surface area contributed by atoms with Crippen LogP contribution in [0.4, 0.5) is 0 Å². The lowest BCUT2D eigenvalue weighted by Crippen LogP contribution is -2.59. The monoisotopic (exact) mass is 266 g/mol. The topological polar surface area (TPSA) is 115 Å². The van der Waals surface area contributed by atoms with Crippen molar-refractivity contribution in [2.45, 2.75) is 19.9 Å². The number of hydrogen-bond donors (Lipinski definition) is 3. The third kappa shape index (κ3) is 2.28. The molecule has 1 aromatic heterocycles. The Morgan fingerprint density at radius 1 is 1.42 bits per heavy atom. The van der Waals surface area contributed by atoms with E-state index in [-0.39, 0.29) is 19.0 Å². The lowest BCUT2D eigenvalue weighted by molar-refractivity contribution is -0.144. The molecular formula is C11H14N4O4. The number of carboxylic acid groups (broad SMARTS) is 1. The highest BCUT2D eigenvalue weighted by Crippen LogP contribution is 2.16. The number of hydrogen-bond acceptors (Lipinski definition) is 4. The number of rotatable bonds is 2. The van der Waals surface area contributed by atoms with Gasteiger partial charge in [0.25, 0.3) is 5.91 Å². The van der Waals surface area contributed by atoms with Gasteiger partial charge in [0.2, 0.25) is 5.91 Å². The van der Waals surface area contributed by atoms with E-state index in [0.29, 0.717) is 17.0 Å². The summed E-state index contributed by atoms with van der Waals surface area (Å²) in [6, 6.07) is -1.06. The highest BCUT2D eigenvalue weighted by atomic mass is 16.4. The Balaban J connectivity index is 2.34. The van der Waals surface area contributed by atoms with Gasteiger partial charge in [-0.05, 0) is 13.8 Å². The summed E-state index contributed by atoms with van der Waals surface area (Å²) >= 11 is 0. The molecule has 0 radical (unpaired) electrons. The van der Waals surface area contributed by atoms with Crippen LogP contribution in [0.25, 0.3) is 0 Å². The van der Waals surface area contributed by atoms with Crippen LogP contribution in [0.5, 0.6) is 0 Å². The number of H-pyrrole nitrogens is 1. The average molecular weight is 266 g/mol. The van der Waals surface area contributed by atoms with Gasteiger partial charge in [0.1, 0.15) is 12.6 Å². The van der Waals surface area contributed by atoms with Crippen LogP contribution >= 0.6 is 0 Å². The number of aryl methyl sites for hydroxylation is 2. The lowest BCUT2D eigenvalue weighted by Gasteiger charge is -2.32. The van der Waals surface area contributed by atoms with Gasteiger partial charge in [-0.1, -0.05) is 0 Å². The first-order chi connectivity index (χ1) is 8.91. The highest BCUT2D eigenvalue weighted by Gasteiger charge is 2.37. The largest absolute Gasteiger partial charge is 0.480 e. The third-order valence-electron chi connectivity index (χ3n) is 3.07. The number of aromatic amines is 1. The minimum Gasteiger partial charge on any atom is -0.480 e. The van der Waals surface area contributed by atoms with Crippen molar-refractivity contribution in [2.75, 3.05) is 13.1 Å². The van der Waals surface area contributed by atoms with Crippen molar-refractivity contribution < 1.29 is 19.5 Å². The van der Waals surface area contributed by atoms with Crippen LogP contribution in [0.3, 0.4) is 0 Å². The van der Waals surface area contributed by atoms with Gasteiger partial charge in [0.15, 0.2) is 0 Å². The quantitative estimate of drug-likeness (QED) is 0.638. The van der Waals surface area contributed by atoms with E-state index in [0.717, 1.165) is 4.90 Å². The van der Waals surface area contributed by atoms with E-state index in [2.05, 4.69) is 15.5 Å². The molecule has 2 heterocycles. The molecule has 0 aliphatic carbocycles. The predicted octanol–water partition coefficient (Wildman–Crippen LogP) is -0.948. The molecule has 2 amide bonds. The van der Waals surface area contributed by atoms with E-state index in [9.17, 15) is 14.4 Å². The van der Waals surface area contributed by atoms with Crippen molar-refractivity contribution >= 4 is 17.8 Å². The number of aromatic nitrogens is 2. The molecule has 19 heavy (non-hydrogen) atoms. The Morgan fingerprint density at radius 3 is 2.63 bits per heavy atom. The third-order valence-corrected chi connectivity index (χ3v) is 3.07. The molecule has 2 rings (SSSR count). The molecule has 1 atom stereocenters. The number of nitrogens with one attached hydrogen (secondary N) is 2. The van der Waals surface area contributed by atoms with Gasteiger partial charge in [-0.15, -0.1) is 0 Å². The average Bonchev–Trinajstić information content (AvgIpc) is 2.67. The van der Waals surface area contributed by atoms with Crippen LogP contribution in [0.15, 0.2) is 0 Å². The molecular weight excluding hydrogens is 252 g/mol. The minimum atomic E-state index is -1.15. The molecule has 1 aliphatic heterocycles. The summed E-state index contributed by atoms with van der Waals surface area (Å²) in [7, 11) is 0. The van der Waals surface area contributed by atoms with E-state index in [4.69, 9.17) is 5.11 Å². The Morgan fingerprint density at radius 2 is 2.11 bits per heavy atom. The van der Waals surface area contributed by atoms with Crippen molar-refractivity contribution in [1.29, 1.82) is 0 Å². The maximum atomic E-state index is 12.4. The van der Waals surface area contributed by atoms with Crippen molar-refractivity contribution in [2.24, 2.45) is 0 Å². The van der Waals surface area contributed by atoms with Crippen LogP contribution in [-0.4, -0.2) is 57.1 Å². The lowest BCUT2D eigenvalue weighted by atomic mass is 10.1. The fourth-order valence-corrected chi connectivity index (χ4v) is 2.09. The number of nitrogens with zero attached hydrogens (tertiary/aromatic N) is 2. The smallest absolute Gasteiger partial charge is 0.328 e. The maximum Gasteiger partial charge on any atom is 0.328 e. The molecule has 0 spiro atoms. The molecule has 1 unspecified atom stereocenters. The first kappa shape index (κ1) is 13.1. The van der Waals surface area contributed by atoms with E-state index in [1.165, 1.54) is 0 Å². The van der Waals surface area contributed by atoms with E-state index >= 15 is 0 Å². The molecule has 8 nitrogen and oxygen atoms in total. The molecule has 1 fully saturated rings. The summed E-state index contributed by atoms with van der Waals surface area (Å²) in [5.74, 6) is -2.01. The zero-order chi connectivity index (χ0) is 14.2. The second-order valence-corrected chi connectivity index (χ2v) is 4.40. The fourth-order valence-electron chi connectivity index (χ4n) is 2.09. The van der Waals surface area contributed by atoms with E-state index in [1.54, 1.807) is 13.8 Å². The molecule has 102 valence electrons. The normalized spacial score (nSPS) is 19.2. The highest BCUT2D eigenvalue weighted by molar-refractivity contribution is 6.01. The fraction of sp³-hybridized carbons (Fsp3) is 0.455. The van der Waals surface area contributed by atoms with E-state index in [1.807, 2.05) is 0 Å². The van der Waals surface area contributed by atoms with Gasteiger partial charge in [-0.25, -0.2) is 4.79 Å². The molecule has 8 heteroatoms. The zero-order valence-electron chi connectivity index (χ0n) is 10.6. The van der Waals surface area contributed by atoms with Crippen molar-refractivity contribution in [3.63, 3.8) is 0 Å². The van der Waals surface area contributed by atoms with Gasteiger partial charge < -0.3 is 15.3 Å². The Bertz CT molecular complexity index is 531. The van der Waals surface area contributed by atoms with Gasteiger partial charge in [-0.3, -0.25) is 14.7 Å². The Hall–Kier alpha value is -2.38.